The van der Waals surface area contributed by atoms with Crippen molar-refractivity contribution in [3.8, 4) is 5.75 Å². The quantitative estimate of drug-likeness (QED) is 0.117. The number of carboxylic acids is 1. The molecule has 4 nitrogen and oxygen atoms in total. The molecule has 3 saturated carbocycles. The molecule has 0 aromatic heterocycles. The van der Waals surface area contributed by atoms with Gasteiger partial charge in [-0.05, 0) is 110 Å². The van der Waals surface area contributed by atoms with Crippen LogP contribution in [0.5, 0.6) is 5.75 Å². The molecule has 0 heterocycles. The molecule has 1 spiro atoms. The van der Waals surface area contributed by atoms with Gasteiger partial charge in [0.05, 0.1) is 12.0 Å². The summed E-state index contributed by atoms with van der Waals surface area (Å²) in [5, 5.41) is 30.7. The molecular formula is C37H49F9O4. The molecule has 0 aliphatic heterocycles. The van der Waals surface area contributed by atoms with Crippen LogP contribution >= 0.6 is 0 Å². The van der Waals surface area contributed by atoms with E-state index in [-0.39, 0.29) is 35.5 Å². The highest BCUT2D eigenvalue weighted by atomic mass is 19.4. The lowest BCUT2D eigenvalue weighted by atomic mass is 9.50. The molecule has 4 aliphatic carbocycles. The molecule has 5 unspecified atom stereocenters. The van der Waals surface area contributed by atoms with Gasteiger partial charge in [0, 0.05) is 11.8 Å². The summed E-state index contributed by atoms with van der Waals surface area (Å²) in [5.41, 5.74) is 2.78. The van der Waals surface area contributed by atoms with E-state index in [1.54, 1.807) is 6.07 Å². The molecule has 50 heavy (non-hydrogen) atoms. The smallest absolute Gasteiger partial charge is 0.460 e. The third-order valence-corrected chi connectivity index (χ3v) is 13.3. The fraction of sp³-hybridized carbons (Fsp3) is 0.811. The Morgan fingerprint density at radius 2 is 1.50 bits per heavy atom. The maximum Gasteiger partial charge on any atom is 0.460 e. The van der Waals surface area contributed by atoms with Crippen LogP contribution in [0.3, 0.4) is 0 Å². The lowest BCUT2D eigenvalue weighted by Gasteiger charge is -2.54. The van der Waals surface area contributed by atoms with Gasteiger partial charge < -0.3 is 15.3 Å². The lowest BCUT2D eigenvalue weighted by molar-refractivity contribution is -0.396. The van der Waals surface area contributed by atoms with Crippen molar-refractivity contribution in [1.29, 1.82) is 0 Å². The van der Waals surface area contributed by atoms with Crippen molar-refractivity contribution in [1.82, 2.24) is 0 Å². The second-order valence-electron chi connectivity index (χ2n) is 16.0. The molecule has 0 saturated heterocycles. The minimum atomic E-state index is -6.98. The van der Waals surface area contributed by atoms with Gasteiger partial charge in [-0.3, -0.25) is 4.79 Å². The maximum atomic E-state index is 13.9. The van der Waals surface area contributed by atoms with Crippen molar-refractivity contribution >= 4 is 5.97 Å². The van der Waals surface area contributed by atoms with Crippen LogP contribution in [-0.4, -0.2) is 51.3 Å². The molecule has 284 valence electrons. The van der Waals surface area contributed by atoms with Gasteiger partial charge in [0.25, 0.3) is 0 Å². The molecule has 0 amide bonds. The van der Waals surface area contributed by atoms with Crippen molar-refractivity contribution in [3.63, 3.8) is 0 Å². The highest BCUT2D eigenvalue weighted by Crippen LogP contribution is 2.76. The van der Waals surface area contributed by atoms with Crippen LogP contribution < -0.4 is 0 Å². The largest absolute Gasteiger partial charge is 0.508 e. The molecule has 1 aromatic rings. The number of aliphatic hydroxyl groups is 1. The van der Waals surface area contributed by atoms with Crippen LogP contribution in [0.1, 0.15) is 127 Å². The molecule has 1 aromatic carbocycles. The van der Waals surface area contributed by atoms with Gasteiger partial charge in [-0.15, -0.1) is 0 Å². The van der Waals surface area contributed by atoms with Crippen molar-refractivity contribution < 1.29 is 59.6 Å². The molecule has 3 fully saturated rings. The number of halogens is 9. The monoisotopic (exact) mass is 728 g/mol. The number of carbonyl (C=O) groups is 1. The number of hydrogen-bond acceptors (Lipinski definition) is 3. The highest BCUT2D eigenvalue weighted by molar-refractivity contribution is 5.69. The first-order chi connectivity index (χ1) is 23.2. The summed E-state index contributed by atoms with van der Waals surface area (Å²) in [6, 6.07) is 5.77. The van der Waals surface area contributed by atoms with E-state index in [1.165, 1.54) is 11.1 Å². The van der Waals surface area contributed by atoms with Gasteiger partial charge in [0.15, 0.2) is 0 Å². The first-order valence-corrected chi connectivity index (χ1v) is 18.1. The Balaban J connectivity index is 1.06. The van der Waals surface area contributed by atoms with E-state index in [9.17, 15) is 59.6 Å². The van der Waals surface area contributed by atoms with Gasteiger partial charge >= 0.3 is 29.9 Å². The third kappa shape index (κ3) is 6.86. The number of unbranched alkanes of at least 4 members (excludes halogenated alkanes) is 6. The van der Waals surface area contributed by atoms with E-state index in [2.05, 4.69) is 13.0 Å². The number of fused-ring (bicyclic) bond motifs is 6. The summed E-state index contributed by atoms with van der Waals surface area (Å²) in [6.45, 7) is 2.41. The topological polar surface area (TPSA) is 77.8 Å². The van der Waals surface area contributed by atoms with Crippen LogP contribution in [-0.2, 0) is 11.2 Å². The van der Waals surface area contributed by atoms with Gasteiger partial charge in [0.2, 0.25) is 0 Å². The number of alkyl halides is 9. The zero-order chi connectivity index (χ0) is 36.9. The Kier molecular flexibility index (Phi) is 10.9. The summed E-state index contributed by atoms with van der Waals surface area (Å²) in [7, 11) is 0. The average Bonchev–Trinajstić information content (AvgIpc) is 3.81. The zero-order valence-corrected chi connectivity index (χ0v) is 28.4. The fourth-order valence-corrected chi connectivity index (χ4v) is 10.3. The molecular weight excluding hydrogens is 679 g/mol. The Morgan fingerprint density at radius 3 is 2.10 bits per heavy atom. The van der Waals surface area contributed by atoms with Crippen molar-refractivity contribution in [2.24, 2.45) is 34.5 Å². The van der Waals surface area contributed by atoms with Crippen molar-refractivity contribution in [2.45, 2.75) is 152 Å². The van der Waals surface area contributed by atoms with E-state index in [1.807, 2.05) is 6.07 Å². The predicted molar refractivity (Wildman–Crippen MR) is 167 cm³/mol. The Labute approximate surface area is 287 Å². The van der Waals surface area contributed by atoms with Crippen LogP contribution in [0.4, 0.5) is 39.5 Å². The molecule has 7 atom stereocenters. The van der Waals surface area contributed by atoms with Crippen LogP contribution in [0.2, 0.25) is 0 Å². The minimum absolute atomic E-state index is 0.0705. The molecule has 4 aliphatic rings. The summed E-state index contributed by atoms with van der Waals surface area (Å²) < 4.78 is 118. The van der Waals surface area contributed by atoms with Crippen LogP contribution in [0, 0.1) is 34.5 Å². The Bertz CT molecular complexity index is 1360. The molecule has 0 bridgehead atoms. The average molecular weight is 729 g/mol. The van der Waals surface area contributed by atoms with Gasteiger partial charge in [-0.25, -0.2) is 0 Å². The van der Waals surface area contributed by atoms with Gasteiger partial charge in [0.1, 0.15) is 5.75 Å². The third-order valence-electron chi connectivity index (χ3n) is 13.3. The Hall–Kier alpha value is -2.18. The summed E-state index contributed by atoms with van der Waals surface area (Å²) in [4.78, 5) is 11.5. The fourth-order valence-electron chi connectivity index (χ4n) is 10.3. The summed E-state index contributed by atoms with van der Waals surface area (Å²) in [6.07, 6.45) is 1.78. The molecule has 5 rings (SSSR count). The second-order valence-corrected chi connectivity index (χ2v) is 16.0. The zero-order valence-electron chi connectivity index (χ0n) is 28.4. The molecule has 13 heteroatoms. The van der Waals surface area contributed by atoms with E-state index >= 15 is 0 Å². The molecule has 0 radical (unpaired) electrons. The number of phenolic OH excluding ortho intramolecular Hbond substituents is 1. The second kappa shape index (κ2) is 14.0. The minimum Gasteiger partial charge on any atom is -0.508 e. The number of benzene rings is 1. The normalized spacial score (nSPS) is 29.7. The summed E-state index contributed by atoms with van der Waals surface area (Å²) >= 11 is 0. The first-order valence-electron chi connectivity index (χ1n) is 18.1. The predicted octanol–water partition coefficient (Wildman–Crippen LogP) is 10.7. The SMILES string of the molecule is C[C@]12CCC3c4ccc(O)cc4CC(CCCCCCCCCC(CCC(F)(F)C(F)(F)C(F)(F)C(F)(F)F)C(=O)O)C3C1C[C@@H](O)C21CC1. The van der Waals surface area contributed by atoms with E-state index < -0.39 is 48.7 Å². The highest BCUT2D eigenvalue weighted by Gasteiger charge is 2.81. The maximum absolute atomic E-state index is 13.9. The summed E-state index contributed by atoms with van der Waals surface area (Å²) in [5.74, 6) is -20.6. The van der Waals surface area contributed by atoms with Gasteiger partial charge in [-0.1, -0.05) is 57.9 Å². The van der Waals surface area contributed by atoms with E-state index in [0.29, 0.717) is 36.5 Å². The number of aromatic hydroxyl groups is 1. The number of aliphatic carboxylic acids is 1. The Morgan fingerprint density at radius 1 is 0.880 bits per heavy atom. The van der Waals surface area contributed by atoms with Gasteiger partial charge in [-0.2, -0.15) is 39.5 Å². The van der Waals surface area contributed by atoms with Crippen LogP contribution in [0.25, 0.3) is 0 Å². The first kappa shape index (κ1) is 39.0. The number of aliphatic hydroxyl groups excluding tert-OH is 1. The standard InChI is InChI=1S/C37H49F9O4/c1-32-15-14-27-26-12-11-25(47)20-24(26)19-23(30(27)28(32)21-29(48)33(32)17-18-33)10-8-6-4-2-3-5-7-9-22(31(49)50)13-16-34(38,39)35(40,41)36(42,43)37(44,45)46/h11-12,20,22-23,27-30,47-48H,2-10,13-19,21H2,1H3,(H,49,50)/t22?,23?,27?,28?,29-,30?,32+/m1/s1. The number of phenols is 1. The number of hydrogen-bond donors (Lipinski definition) is 3. The number of rotatable bonds is 16. The van der Waals surface area contributed by atoms with Crippen molar-refractivity contribution in [3.05, 3.63) is 29.3 Å². The number of carboxylic acid groups (broad SMARTS) is 1. The van der Waals surface area contributed by atoms with Crippen LogP contribution in [0.15, 0.2) is 18.2 Å². The van der Waals surface area contributed by atoms with E-state index in [0.717, 1.165) is 70.6 Å². The van der Waals surface area contributed by atoms with E-state index in [4.69, 9.17) is 0 Å². The lowest BCUT2D eigenvalue weighted by Crippen LogP contribution is -2.60. The molecule has 3 N–H and O–H groups in total. The van der Waals surface area contributed by atoms with Crippen molar-refractivity contribution in [2.75, 3.05) is 0 Å².